The minimum atomic E-state index is -0.892. The molecule has 0 atom stereocenters. The van der Waals surface area contributed by atoms with Crippen molar-refractivity contribution >= 4 is 5.97 Å². The maximum atomic E-state index is 13.5. The summed E-state index contributed by atoms with van der Waals surface area (Å²) in [4.78, 5) is 10.7. The van der Waals surface area contributed by atoms with E-state index in [9.17, 15) is 13.6 Å². The van der Waals surface area contributed by atoms with Crippen LogP contribution in [0.1, 0.15) is 6.92 Å². The van der Waals surface area contributed by atoms with E-state index in [1.54, 1.807) is 12.1 Å². The van der Waals surface area contributed by atoms with Crippen LogP contribution in [0.2, 0.25) is 0 Å². The Balaban J connectivity index is 2.34. The zero-order chi connectivity index (χ0) is 13.1. The second-order valence-electron chi connectivity index (χ2n) is 3.72. The van der Waals surface area contributed by atoms with Gasteiger partial charge < -0.3 is 4.74 Å². The van der Waals surface area contributed by atoms with Gasteiger partial charge in [0.15, 0.2) is 11.6 Å². The minimum absolute atomic E-state index is 0.171. The first kappa shape index (κ1) is 12.2. The molecule has 18 heavy (non-hydrogen) atoms. The molecule has 0 N–H and O–H groups in total. The molecule has 0 aliphatic rings. The van der Waals surface area contributed by atoms with E-state index in [2.05, 4.69) is 0 Å². The Labute approximate surface area is 103 Å². The Morgan fingerprint density at radius 2 is 1.72 bits per heavy atom. The van der Waals surface area contributed by atoms with Crippen LogP contribution in [-0.2, 0) is 4.79 Å². The Bertz CT molecular complexity index is 577. The molecule has 4 heteroatoms. The van der Waals surface area contributed by atoms with Gasteiger partial charge in [-0.1, -0.05) is 24.3 Å². The van der Waals surface area contributed by atoms with Crippen molar-refractivity contribution in [2.24, 2.45) is 0 Å². The summed E-state index contributed by atoms with van der Waals surface area (Å²) in [6.45, 7) is 1.29. The van der Waals surface area contributed by atoms with Crippen molar-refractivity contribution in [1.82, 2.24) is 0 Å². The van der Waals surface area contributed by atoms with Crippen LogP contribution in [0.3, 0.4) is 0 Å². The molecular weight excluding hydrogens is 238 g/mol. The van der Waals surface area contributed by atoms with Crippen LogP contribution in [0.25, 0.3) is 11.1 Å². The molecule has 0 fully saturated rings. The first-order valence-electron chi connectivity index (χ1n) is 5.31. The summed E-state index contributed by atoms with van der Waals surface area (Å²) in [5, 5.41) is 0. The lowest BCUT2D eigenvalue weighted by Crippen LogP contribution is -2.00. The fourth-order valence-electron chi connectivity index (χ4n) is 1.60. The van der Waals surface area contributed by atoms with E-state index in [0.717, 1.165) is 6.07 Å². The Kier molecular flexibility index (Phi) is 3.37. The van der Waals surface area contributed by atoms with E-state index in [1.807, 2.05) is 0 Å². The highest BCUT2D eigenvalue weighted by molar-refractivity contribution is 5.70. The summed E-state index contributed by atoms with van der Waals surface area (Å²) in [5.41, 5.74) is 0.687. The highest BCUT2D eigenvalue weighted by Gasteiger charge is 2.09. The largest absolute Gasteiger partial charge is 0.427 e. The van der Waals surface area contributed by atoms with Crippen molar-refractivity contribution in [3.05, 3.63) is 54.1 Å². The number of rotatable bonds is 2. The van der Waals surface area contributed by atoms with Gasteiger partial charge in [-0.05, 0) is 23.8 Å². The standard InChI is InChI=1S/C14H10F2O2/c1-9(17)18-11-7-5-10(6-8-11)12-3-2-4-13(15)14(12)16/h2-8H,1H3. The van der Waals surface area contributed by atoms with Gasteiger partial charge in [-0.3, -0.25) is 4.79 Å². The van der Waals surface area contributed by atoms with Gasteiger partial charge in [0, 0.05) is 12.5 Å². The second kappa shape index (κ2) is 4.96. The molecule has 0 aliphatic heterocycles. The van der Waals surface area contributed by atoms with E-state index in [1.165, 1.54) is 31.2 Å². The van der Waals surface area contributed by atoms with Gasteiger partial charge in [-0.2, -0.15) is 0 Å². The molecule has 2 aromatic carbocycles. The molecule has 0 aliphatic carbocycles. The van der Waals surface area contributed by atoms with E-state index < -0.39 is 17.6 Å². The summed E-state index contributed by atoms with van der Waals surface area (Å²) in [6, 6.07) is 10.2. The highest BCUT2D eigenvalue weighted by atomic mass is 19.2. The molecule has 2 aromatic rings. The van der Waals surface area contributed by atoms with E-state index in [4.69, 9.17) is 4.74 Å². The van der Waals surface area contributed by atoms with Crippen LogP contribution < -0.4 is 4.74 Å². The van der Waals surface area contributed by atoms with Gasteiger partial charge in [0.2, 0.25) is 0 Å². The van der Waals surface area contributed by atoms with Crippen molar-refractivity contribution in [2.45, 2.75) is 6.92 Å². The third kappa shape index (κ3) is 2.53. The lowest BCUT2D eigenvalue weighted by Gasteiger charge is -2.05. The third-order valence-corrected chi connectivity index (χ3v) is 2.38. The molecule has 0 unspecified atom stereocenters. The zero-order valence-electron chi connectivity index (χ0n) is 9.61. The van der Waals surface area contributed by atoms with Crippen LogP contribution in [-0.4, -0.2) is 5.97 Å². The third-order valence-electron chi connectivity index (χ3n) is 2.38. The number of hydrogen-bond acceptors (Lipinski definition) is 2. The number of ether oxygens (including phenoxy) is 1. The Morgan fingerprint density at radius 1 is 1.06 bits per heavy atom. The Hall–Kier alpha value is -2.23. The van der Waals surface area contributed by atoms with Gasteiger partial charge in [-0.25, -0.2) is 8.78 Å². The van der Waals surface area contributed by atoms with Gasteiger partial charge in [0.1, 0.15) is 5.75 Å². The second-order valence-corrected chi connectivity index (χ2v) is 3.72. The molecule has 0 saturated heterocycles. The minimum Gasteiger partial charge on any atom is -0.427 e. The predicted octanol–water partition coefficient (Wildman–Crippen LogP) is 3.56. The van der Waals surface area contributed by atoms with Crippen LogP contribution in [0, 0.1) is 11.6 Å². The molecule has 92 valence electrons. The fraction of sp³-hybridized carbons (Fsp3) is 0.0714. The van der Waals surface area contributed by atoms with Crippen molar-refractivity contribution in [2.75, 3.05) is 0 Å². The summed E-state index contributed by atoms with van der Waals surface area (Å²) in [7, 11) is 0. The maximum absolute atomic E-state index is 13.5. The lowest BCUT2D eigenvalue weighted by molar-refractivity contribution is -0.131. The topological polar surface area (TPSA) is 26.3 Å². The average molecular weight is 248 g/mol. The number of benzene rings is 2. The Morgan fingerprint density at radius 3 is 2.33 bits per heavy atom. The molecule has 0 amide bonds. The number of esters is 1. The fourth-order valence-corrected chi connectivity index (χ4v) is 1.60. The molecule has 2 nitrogen and oxygen atoms in total. The molecule has 2 rings (SSSR count). The number of carbonyl (C=O) groups is 1. The molecular formula is C14H10F2O2. The van der Waals surface area contributed by atoms with Gasteiger partial charge in [0.25, 0.3) is 0 Å². The summed E-state index contributed by atoms with van der Waals surface area (Å²) < 4.78 is 31.5. The van der Waals surface area contributed by atoms with E-state index >= 15 is 0 Å². The quantitative estimate of drug-likeness (QED) is 0.600. The number of hydrogen-bond donors (Lipinski definition) is 0. The summed E-state index contributed by atoms with van der Waals surface area (Å²) in [5.74, 6) is -1.85. The van der Waals surface area contributed by atoms with Crippen molar-refractivity contribution in [3.63, 3.8) is 0 Å². The molecule has 0 bridgehead atoms. The summed E-state index contributed by atoms with van der Waals surface area (Å²) >= 11 is 0. The lowest BCUT2D eigenvalue weighted by atomic mass is 10.0. The van der Waals surface area contributed by atoms with Crippen molar-refractivity contribution in [1.29, 1.82) is 0 Å². The van der Waals surface area contributed by atoms with Crippen molar-refractivity contribution in [3.8, 4) is 16.9 Å². The predicted molar refractivity (Wildman–Crippen MR) is 63.1 cm³/mol. The first-order chi connectivity index (χ1) is 8.58. The van der Waals surface area contributed by atoms with Crippen LogP contribution in [0.15, 0.2) is 42.5 Å². The SMILES string of the molecule is CC(=O)Oc1ccc(-c2cccc(F)c2F)cc1. The van der Waals surface area contributed by atoms with E-state index in [0.29, 0.717) is 11.3 Å². The number of halogens is 2. The summed E-state index contributed by atoms with van der Waals surface area (Å²) in [6.07, 6.45) is 0. The highest BCUT2D eigenvalue weighted by Crippen LogP contribution is 2.26. The maximum Gasteiger partial charge on any atom is 0.308 e. The van der Waals surface area contributed by atoms with Gasteiger partial charge >= 0.3 is 5.97 Å². The molecule has 0 saturated carbocycles. The monoisotopic (exact) mass is 248 g/mol. The first-order valence-corrected chi connectivity index (χ1v) is 5.31. The van der Waals surface area contributed by atoms with Crippen LogP contribution in [0.4, 0.5) is 8.78 Å². The molecule has 0 aromatic heterocycles. The molecule has 0 heterocycles. The number of carbonyl (C=O) groups excluding carboxylic acids is 1. The average Bonchev–Trinajstić information content (AvgIpc) is 2.33. The van der Waals surface area contributed by atoms with Crippen LogP contribution in [0.5, 0.6) is 5.75 Å². The van der Waals surface area contributed by atoms with Gasteiger partial charge in [0.05, 0.1) is 0 Å². The molecule has 0 spiro atoms. The zero-order valence-corrected chi connectivity index (χ0v) is 9.61. The van der Waals surface area contributed by atoms with Crippen molar-refractivity contribution < 1.29 is 18.3 Å². The van der Waals surface area contributed by atoms with E-state index in [-0.39, 0.29) is 5.56 Å². The smallest absolute Gasteiger partial charge is 0.308 e. The van der Waals surface area contributed by atoms with Gasteiger partial charge in [-0.15, -0.1) is 0 Å². The normalized spacial score (nSPS) is 10.2. The molecule has 0 radical (unpaired) electrons. The van der Waals surface area contributed by atoms with Crippen LogP contribution >= 0.6 is 0 Å².